The molecule has 1 N–H and O–H groups in total. The molecule has 0 aliphatic heterocycles. The molecule has 0 spiro atoms. The Kier molecular flexibility index (Phi) is 4.94. The number of benzene rings is 1. The second-order valence-corrected chi connectivity index (χ2v) is 5.80. The van der Waals surface area contributed by atoms with Crippen LogP contribution in [0.3, 0.4) is 0 Å². The van der Waals surface area contributed by atoms with Gasteiger partial charge in [-0.15, -0.1) is 0 Å². The second kappa shape index (κ2) is 7.33. The van der Waals surface area contributed by atoms with Crippen LogP contribution in [0, 0.1) is 0 Å². The SMILES string of the molecule is COc1ccc(-c2cc3ccccn3c2C(=O)CC(=O)C(=O)O)cc1OC. The fraction of sp³-hybridized carbons (Fsp3) is 0.150. The molecule has 0 aliphatic carbocycles. The van der Waals surface area contributed by atoms with Gasteiger partial charge in [-0.05, 0) is 35.9 Å². The van der Waals surface area contributed by atoms with E-state index in [1.54, 1.807) is 40.9 Å². The van der Waals surface area contributed by atoms with E-state index < -0.39 is 24.0 Å². The Morgan fingerprint density at radius 3 is 2.41 bits per heavy atom. The Balaban J connectivity index is 2.17. The van der Waals surface area contributed by atoms with Crippen molar-refractivity contribution >= 4 is 23.1 Å². The first-order chi connectivity index (χ1) is 13.0. The first kappa shape index (κ1) is 18.2. The molecule has 7 nitrogen and oxygen atoms in total. The molecule has 0 unspecified atom stereocenters. The highest BCUT2D eigenvalue weighted by Gasteiger charge is 2.24. The highest BCUT2D eigenvalue weighted by atomic mass is 16.5. The summed E-state index contributed by atoms with van der Waals surface area (Å²) in [6.07, 6.45) is 0.981. The fourth-order valence-electron chi connectivity index (χ4n) is 2.94. The highest BCUT2D eigenvalue weighted by molar-refractivity contribution is 6.37. The van der Waals surface area contributed by atoms with Crippen LogP contribution in [-0.4, -0.2) is 41.3 Å². The first-order valence-corrected chi connectivity index (χ1v) is 8.08. The Morgan fingerprint density at radius 1 is 1.00 bits per heavy atom. The number of hydrogen-bond donors (Lipinski definition) is 1. The number of nitrogens with zero attached hydrogens (tertiary/aromatic N) is 1. The van der Waals surface area contributed by atoms with Crippen LogP contribution in [-0.2, 0) is 9.59 Å². The molecule has 0 amide bonds. The van der Waals surface area contributed by atoms with Crippen LogP contribution < -0.4 is 9.47 Å². The predicted molar refractivity (Wildman–Crippen MR) is 97.5 cm³/mol. The van der Waals surface area contributed by atoms with Crippen molar-refractivity contribution in [3.8, 4) is 22.6 Å². The Hall–Kier alpha value is -3.61. The number of ether oxygens (including phenoxy) is 2. The van der Waals surface area contributed by atoms with Crippen molar-refractivity contribution in [3.63, 3.8) is 0 Å². The summed E-state index contributed by atoms with van der Waals surface area (Å²) < 4.78 is 12.2. The summed E-state index contributed by atoms with van der Waals surface area (Å²) in [4.78, 5) is 35.1. The van der Waals surface area contributed by atoms with Crippen LogP contribution in [0.15, 0.2) is 48.7 Å². The van der Waals surface area contributed by atoms with Crippen LogP contribution in [0.1, 0.15) is 16.9 Å². The molecular weight excluding hydrogens is 350 g/mol. The number of aliphatic carboxylic acids is 1. The van der Waals surface area contributed by atoms with E-state index in [4.69, 9.17) is 14.6 Å². The van der Waals surface area contributed by atoms with E-state index in [-0.39, 0.29) is 5.69 Å². The van der Waals surface area contributed by atoms with E-state index in [9.17, 15) is 14.4 Å². The summed E-state index contributed by atoms with van der Waals surface area (Å²) >= 11 is 0. The molecule has 27 heavy (non-hydrogen) atoms. The lowest BCUT2D eigenvalue weighted by Crippen LogP contribution is -2.18. The zero-order valence-corrected chi connectivity index (χ0v) is 14.8. The molecule has 0 aliphatic rings. The number of carboxylic acid groups (broad SMARTS) is 1. The van der Waals surface area contributed by atoms with Crippen molar-refractivity contribution in [2.24, 2.45) is 0 Å². The zero-order valence-electron chi connectivity index (χ0n) is 14.8. The largest absolute Gasteiger partial charge is 0.493 e. The van der Waals surface area contributed by atoms with E-state index in [1.807, 2.05) is 12.1 Å². The Bertz CT molecular complexity index is 1050. The first-order valence-electron chi connectivity index (χ1n) is 8.08. The third kappa shape index (κ3) is 3.39. The molecule has 0 fully saturated rings. The third-order valence-corrected chi connectivity index (χ3v) is 4.20. The predicted octanol–water partition coefficient (Wildman–Crippen LogP) is 2.85. The van der Waals surface area contributed by atoms with Gasteiger partial charge in [-0.3, -0.25) is 9.59 Å². The maximum absolute atomic E-state index is 12.7. The van der Waals surface area contributed by atoms with Gasteiger partial charge in [-0.25, -0.2) is 4.79 Å². The van der Waals surface area contributed by atoms with Crippen molar-refractivity contribution in [2.45, 2.75) is 6.42 Å². The standard InChI is InChI=1S/C20H17NO6/c1-26-17-7-6-12(9-18(17)27-2)14-10-13-5-3-4-8-21(13)19(14)15(22)11-16(23)20(24)25/h3-10H,11H2,1-2H3,(H,24,25). The number of carbonyl (C=O) groups excluding carboxylic acids is 2. The lowest BCUT2D eigenvalue weighted by Gasteiger charge is -2.10. The molecule has 3 aromatic rings. The summed E-state index contributed by atoms with van der Waals surface area (Å²) in [7, 11) is 3.03. The molecule has 0 saturated heterocycles. The molecule has 0 bridgehead atoms. The molecule has 7 heteroatoms. The van der Waals surface area contributed by atoms with E-state index >= 15 is 0 Å². The average Bonchev–Trinajstić information content (AvgIpc) is 3.06. The molecule has 2 heterocycles. The number of fused-ring (bicyclic) bond motifs is 1. The smallest absolute Gasteiger partial charge is 0.372 e. The minimum atomic E-state index is -1.63. The van der Waals surface area contributed by atoms with Crippen LogP contribution >= 0.6 is 0 Å². The summed E-state index contributed by atoms with van der Waals surface area (Å²) in [5.41, 5.74) is 2.24. The monoisotopic (exact) mass is 367 g/mol. The number of carboxylic acids is 1. The molecule has 138 valence electrons. The topological polar surface area (TPSA) is 94.3 Å². The number of aromatic nitrogens is 1. The lowest BCUT2D eigenvalue weighted by atomic mass is 10.0. The normalized spacial score (nSPS) is 10.6. The Labute approximate surface area is 154 Å². The highest BCUT2D eigenvalue weighted by Crippen LogP contribution is 2.35. The van der Waals surface area contributed by atoms with Crippen LogP contribution in [0.5, 0.6) is 11.5 Å². The van der Waals surface area contributed by atoms with Gasteiger partial charge in [0.2, 0.25) is 5.78 Å². The minimum absolute atomic E-state index is 0.243. The third-order valence-electron chi connectivity index (χ3n) is 4.20. The van der Waals surface area contributed by atoms with Gasteiger partial charge in [-0.2, -0.15) is 0 Å². The van der Waals surface area contributed by atoms with Crippen molar-refractivity contribution < 1.29 is 29.0 Å². The maximum Gasteiger partial charge on any atom is 0.372 e. The van der Waals surface area contributed by atoms with Crippen molar-refractivity contribution in [1.82, 2.24) is 4.40 Å². The number of methoxy groups -OCH3 is 2. The van der Waals surface area contributed by atoms with Gasteiger partial charge in [-0.1, -0.05) is 12.1 Å². The zero-order chi connectivity index (χ0) is 19.6. The summed E-state index contributed by atoms with van der Waals surface area (Å²) in [6, 6.07) is 12.4. The van der Waals surface area contributed by atoms with Crippen LogP contribution in [0.4, 0.5) is 0 Å². The number of Topliss-reactive ketones (excluding diaryl/α,β-unsaturated/α-hetero) is 2. The van der Waals surface area contributed by atoms with E-state index in [1.165, 1.54) is 14.2 Å². The van der Waals surface area contributed by atoms with Crippen LogP contribution in [0.2, 0.25) is 0 Å². The van der Waals surface area contributed by atoms with Gasteiger partial charge in [0.05, 0.1) is 26.3 Å². The number of ketones is 2. The fourth-order valence-corrected chi connectivity index (χ4v) is 2.94. The van der Waals surface area contributed by atoms with Crippen LogP contribution in [0.25, 0.3) is 16.6 Å². The van der Waals surface area contributed by atoms with Gasteiger partial charge in [0.15, 0.2) is 17.3 Å². The molecule has 2 aromatic heterocycles. The molecule has 3 rings (SSSR count). The molecule has 0 saturated carbocycles. The minimum Gasteiger partial charge on any atom is -0.493 e. The molecular formula is C20H17NO6. The van der Waals surface area contributed by atoms with Crippen molar-refractivity contribution in [1.29, 1.82) is 0 Å². The van der Waals surface area contributed by atoms with E-state index in [0.29, 0.717) is 22.6 Å². The molecule has 0 atom stereocenters. The lowest BCUT2D eigenvalue weighted by molar-refractivity contribution is -0.148. The van der Waals surface area contributed by atoms with Gasteiger partial charge >= 0.3 is 5.97 Å². The van der Waals surface area contributed by atoms with Gasteiger partial charge < -0.3 is 19.0 Å². The van der Waals surface area contributed by atoms with E-state index in [2.05, 4.69) is 0 Å². The van der Waals surface area contributed by atoms with Crippen molar-refractivity contribution in [3.05, 3.63) is 54.4 Å². The number of carbonyl (C=O) groups is 3. The number of rotatable bonds is 7. The number of pyridine rings is 1. The molecule has 1 aromatic carbocycles. The summed E-state index contributed by atoms with van der Waals surface area (Å²) in [6.45, 7) is 0. The number of hydrogen-bond acceptors (Lipinski definition) is 5. The molecule has 0 radical (unpaired) electrons. The summed E-state index contributed by atoms with van der Waals surface area (Å²) in [5, 5.41) is 8.82. The van der Waals surface area contributed by atoms with Crippen molar-refractivity contribution in [2.75, 3.05) is 14.2 Å². The Morgan fingerprint density at radius 2 is 1.74 bits per heavy atom. The van der Waals surface area contributed by atoms with Gasteiger partial charge in [0.1, 0.15) is 0 Å². The second-order valence-electron chi connectivity index (χ2n) is 5.80. The maximum atomic E-state index is 12.7. The van der Waals surface area contributed by atoms with Gasteiger partial charge in [0, 0.05) is 17.3 Å². The van der Waals surface area contributed by atoms with E-state index in [0.717, 1.165) is 5.52 Å². The quantitative estimate of drug-likeness (QED) is 0.392. The summed E-state index contributed by atoms with van der Waals surface area (Å²) in [5.74, 6) is -2.32. The van der Waals surface area contributed by atoms with Gasteiger partial charge in [0.25, 0.3) is 0 Å². The average molecular weight is 367 g/mol.